The number of carbonyl (C=O) groups is 2. The van der Waals surface area contributed by atoms with E-state index in [1.54, 1.807) is 0 Å². The van der Waals surface area contributed by atoms with Gasteiger partial charge in [-0.2, -0.15) is 39.5 Å². The molecule has 1 unspecified atom stereocenters. The Balaban J connectivity index is 3.18. The van der Waals surface area contributed by atoms with Crippen LogP contribution in [0.4, 0.5) is 26.3 Å². The Kier molecular flexibility index (Phi) is 9.98. The van der Waals surface area contributed by atoms with Crippen LogP contribution in [0, 0.1) is 0 Å². The number of hydrogen-bond donors (Lipinski definition) is 1. The van der Waals surface area contributed by atoms with Crippen molar-refractivity contribution in [2.24, 2.45) is 0 Å². The summed E-state index contributed by atoms with van der Waals surface area (Å²) in [7, 11) is -6.37. The van der Waals surface area contributed by atoms with Gasteiger partial charge in [-0.3, -0.25) is 14.5 Å². The number of nitrogens with one attached hydrogen (secondary N) is 1. The molecule has 1 atom stereocenters. The van der Waals surface area contributed by atoms with E-state index in [0.29, 0.717) is 19.3 Å². The molecule has 1 fully saturated rings. The van der Waals surface area contributed by atoms with Gasteiger partial charge in [0.2, 0.25) is 0 Å². The number of likely N-dealkylation sites (N-methyl/N-ethyl adjacent to an activating group) is 1. The van der Waals surface area contributed by atoms with Crippen LogP contribution in [-0.2, 0) is 33.4 Å². The second-order valence-electron chi connectivity index (χ2n) is 6.75. The van der Waals surface area contributed by atoms with Crippen molar-refractivity contribution in [3.63, 3.8) is 0 Å². The highest BCUT2D eigenvalue weighted by Gasteiger charge is 2.60. The topological polar surface area (TPSA) is 111 Å². The van der Waals surface area contributed by atoms with Crippen LogP contribution in [0.3, 0.4) is 0 Å². The Bertz CT molecular complexity index is 756. The van der Waals surface area contributed by atoms with Gasteiger partial charge in [-0.15, -0.1) is 0 Å². The summed E-state index contributed by atoms with van der Waals surface area (Å²) in [5.74, 6) is -3.84. The van der Waals surface area contributed by atoms with E-state index in [2.05, 4.69) is 4.18 Å². The summed E-state index contributed by atoms with van der Waals surface area (Å²) in [5, 5.41) is 0. The van der Waals surface area contributed by atoms with Crippen LogP contribution >= 0.6 is 0 Å². The van der Waals surface area contributed by atoms with Crippen LogP contribution < -0.4 is 4.72 Å². The maximum absolute atomic E-state index is 12.7. The number of rotatable bonds is 9. The Morgan fingerprint density at radius 2 is 1.62 bits per heavy atom. The molecule has 0 aromatic rings. The average Bonchev–Trinajstić information content (AvgIpc) is 2.58. The van der Waals surface area contributed by atoms with Gasteiger partial charge in [-0.05, 0) is 13.5 Å². The van der Waals surface area contributed by atoms with E-state index in [0.717, 1.165) is 6.08 Å². The molecule has 9 nitrogen and oxygen atoms in total. The van der Waals surface area contributed by atoms with E-state index in [1.165, 1.54) is 22.7 Å². The lowest BCUT2D eigenvalue weighted by atomic mass is 9.78. The minimum Gasteiger partial charge on any atom is -0.497 e. The molecule has 1 rings (SSSR count). The van der Waals surface area contributed by atoms with Gasteiger partial charge in [0.1, 0.15) is 5.94 Å². The average molecular weight is 498 g/mol. The Morgan fingerprint density at radius 1 is 1.12 bits per heavy atom. The van der Waals surface area contributed by atoms with Crippen molar-refractivity contribution in [1.82, 2.24) is 9.62 Å². The number of carbonyl (C=O) groups excluding carboxylic acids is 2. The summed E-state index contributed by atoms with van der Waals surface area (Å²) < 4.78 is 114. The van der Waals surface area contributed by atoms with Gasteiger partial charge in [-0.25, -0.2) is 4.18 Å². The molecule has 17 heteroatoms. The minimum absolute atomic E-state index is 0.334. The zero-order chi connectivity index (χ0) is 24.7. The first-order valence-corrected chi connectivity index (χ1v) is 10.5. The smallest absolute Gasteiger partial charge is 0.497 e. The Hall–Kier alpha value is -1.85. The van der Waals surface area contributed by atoms with E-state index < -0.39 is 66.8 Å². The molecular weight excluding hydrogens is 477 g/mol. The minimum atomic E-state index is -6.09. The number of alkyl halides is 6. The van der Waals surface area contributed by atoms with Crippen molar-refractivity contribution in [2.45, 2.75) is 50.6 Å². The fourth-order valence-corrected chi connectivity index (χ4v) is 3.42. The van der Waals surface area contributed by atoms with Gasteiger partial charge in [0, 0.05) is 0 Å². The van der Waals surface area contributed by atoms with E-state index in [9.17, 15) is 44.3 Å². The highest BCUT2D eigenvalue weighted by atomic mass is 32.2. The molecule has 1 heterocycles. The standard InChI is InChI=1S/C15H21BF6N2O7S/c1-3-4-5-6-7-10(16-29-11(25)8-24(2)9-12(26)30-16)23-32(27,28)31-13(14(17,18)19)15(20,21)22/h6-7,10,13,23H,3-5,8-9H2,1-2H3/b7-6+. The normalized spacial score (nSPS) is 18.5. The number of unbranched alkanes of at least 4 members (excludes halogenated alkanes) is 2. The highest BCUT2D eigenvalue weighted by molar-refractivity contribution is 7.84. The lowest BCUT2D eigenvalue weighted by molar-refractivity contribution is -0.299. The fourth-order valence-electron chi connectivity index (χ4n) is 2.37. The van der Waals surface area contributed by atoms with E-state index in [-0.39, 0.29) is 0 Å². The molecular formula is C15H21BF6N2O7S. The van der Waals surface area contributed by atoms with Crippen LogP contribution in [0.1, 0.15) is 26.2 Å². The molecule has 0 saturated carbocycles. The van der Waals surface area contributed by atoms with Crippen molar-refractivity contribution < 1.29 is 57.8 Å². The predicted molar refractivity (Wildman–Crippen MR) is 96.9 cm³/mol. The second-order valence-corrected chi connectivity index (χ2v) is 8.08. The first kappa shape index (κ1) is 28.2. The van der Waals surface area contributed by atoms with Gasteiger partial charge < -0.3 is 9.31 Å². The molecule has 32 heavy (non-hydrogen) atoms. The van der Waals surface area contributed by atoms with Crippen LogP contribution in [-0.4, -0.2) is 76.9 Å². The van der Waals surface area contributed by atoms with E-state index in [1.807, 2.05) is 6.92 Å². The molecule has 0 aliphatic carbocycles. The maximum atomic E-state index is 12.7. The lowest BCUT2D eigenvalue weighted by Crippen LogP contribution is -2.55. The summed E-state index contributed by atoms with van der Waals surface area (Å²) in [6, 6.07) is 0. The van der Waals surface area contributed by atoms with Crippen molar-refractivity contribution in [3.05, 3.63) is 12.2 Å². The van der Waals surface area contributed by atoms with Gasteiger partial charge in [0.15, 0.2) is 0 Å². The molecule has 0 radical (unpaired) electrons. The molecule has 1 aliphatic rings. The van der Waals surface area contributed by atoms with Gasteiger partial charge in [0.25, 0.3) is 6.10 Å². The first-order chi connectivity index (χ1) is 14.5. The molecule has 0 amide bonds. The zero-order valence-electron chi connectivity index (χ0n) is 16.9. The van der Waals surface area contributed by atoms with Crippen molar-refractivity contribution in [1.29, 1.82) is 0 Å². The van der Waals surface area contributed by atoms with Gasteiger partial charge in [0.05, 0.1) is 13.1 Å². The second kappa shape index (κ2) is 11.3. The van der Waals surface area contributed by atoms with Crippen LogP contribution in [0.5, 0.6) is 0 Å². The van der Waals surface area contributed by atoms with Crippen molar-refractivity contribution in [2.75, 3.05) is 20.1 Å². The third kappa shape index (κ3) is 9.75. The van der Waals surface area contributed by atoms with Crippen LogP contribution in [0.25, 0.3) is 0 Å². The fraction of sp³-hybridized carbons (Fsp3) is 0.733. The molecule has 0 aromatic carbocycles. The van der Waals surface area contributed by atoms with Crippen molar-refractivity contribution >= 4 is 29.4 Å². The zero-order valence-corrected chi connectivity index (χ0v) is 17.7. The number of halogens is 6. The first-order valence-electron chi connectivity index (χ1n) is 9.13. The highest BCUT2D eigenvalue weighted by Crippen LogP contribution is 2.36. The molecule has 184 valence electrons. The summed E-state index contributed by atoms with van der Waals surface area (Å²) in [6.07, 6.45) is -12.9. The van der Waals surface area contributed by atoms with Crippen molar-refractivity contribution in [3.8, 4) is 0 Å². The number of allylic oxidation sites excluding steroid dienone is 1. The molecule has 0 aromatic heterocycles. The summed E-state index contributed by atoms with van der Waals surface area (Å²) in [4.78, 5) is 24.9. The molecule has 0 spiro atoms. The van der Waals surface area contributed by atoms with Gasteiger partial charge in [-0.1, -0.05) is 31.9 Å². The number of nitrogens with zero attached hydrogens (tertiary/aromatic N) is 1. The van der Waals surface area contributed by atoms with Crippen LogP contribution in [0.2, 0.25) is 0 Å². The largest absolute Gasteiger partial charge is 0.622 e. The van der Waals surface area contributed by atoms with E-state index >= 15 is 0 Å². The molecule has 1 N–H and O–H groups in total. The quantitative estimate of drug-likeness (QED) is 0.221. The number of hydrogen-bond acceptors (Lipinski definition) is 8. The van der Waals surface area contributed by atoms with Gasteiger partial charge >= 0.3 is 41.7 Å². The summed E-state index contributed by atoms with van der Waals surface area (Å²) >= 11 is 0. The Labute approximate surface area is 180 Å². The third-order valence-corrected chi connectivity index (χ3v) is 4.76. The Morgan fingerprint density at radius 3 is 2.06 bits per heavy atom. The molecule has 1 saturated heterocycles. The van der Waals surface area contributed by atoms with E-state index in [4.69, 9.17) is 9.31 Å². The summed E-state index contributed by atoms with van der Waals surface area (Å²) in [6.45, 7) is 1.00. The SMILES string of the molecule is CCCC/C=C/C(NS(=O)(=O)OC(C(F)(F)F)C(F)(F)F)B1OC(=O)CN(C)CC(=O)O1. The maximum Gasteiger partial charge on any atom is 0.622 e. The monoisotopic (exact) mass is 498 g/mol. The molecule has 1 aliphatic heterocycles. The lowest BCUT2D eigenvalue weighted by Gasteiger charge is -2.27. The third-order valence-electron chi connectivity index (χ3n) is 3.75. The summed E-state index contributed by atoms with van der Waals surface area (Å²) in [5.41, 5.74) is 0. The molecule has 0 bridgehead atoms. The van der Waals surface area contributed by atoms with Crippen LogP contribution in [0.15, 0.2) is 12.2 Å². The predicted octanol–water partition coefficient (Wildman–Crippen LogP) is 1.50.